The summed E-state index contributed by atoms with van der Waals surface area (Å²) in [5, 5.41) is 0. The lowest BCUT2D eigenvalue weighted by atomic mass is 10.8. The fourth-order valence-electron chi connectivity index (χ4n) is 0.327. The van der Waals surface area contributed by atoms with Crippen LogP contribution >= 0.6 is 15.9 Å². The summed E-state index contributed by atoms with van der Waals surface area (Å²) in [6.07, 6.45) is 1.05. The van der Waals surface area contributed by atoms with Crippen molar-refractivity contribution >= 4 is 22.4 Å². The molecule has 3 heteroatoms. The van der Waals surface area contributed by atoms with Crippen LogP contribution in [0.3, 0.4) is 0 Å². The van der Waals surface area contributed by atoms with Crippen LogP contribution in [0, 0.1) is 0 Å². The number of rotatable bonds is 2. The SMILES string of the molecule is O=[C]OC1CC1Br. The Morgan fingerprint density at radius 3 is 2.57 bits per heavy atom. The molecule has 1 rings (SSSR count). The maximum atomic E-state index is 9.43. The van der Waals surface area contributed by atoms with E-state index >= 15 is 0 Å². The molecule has 0 spiro atoms. The predicted octanol–water partition coefficient (Wildman–Crippen LogP) is 0.606. The first kappa shape index (κ1) is 5.09. The zero-order valence-electron chi connectivity index (χ0n) is 3.56. The molecular weight excluding hydrogens is 160 g/mol. The zero-order chi connectivity index (χ0) is 5.28. The molecule has 2 nitrogen and oxygen atoms in total. The van der Waals surface area contributed by atoms with Crippen LogP contribution < -0.4 is 0 Å². The quantitative estimate of drug-likeness (QED) is 0.558. The minimum atomic E-state index is 0.109. The largest absolute Gasteiger partial charge is 0.453 e. The summed E-state index contributed by atoms with van der Waals surface area (Å²) < 4.78 is 4.41. The monoisotopic (exact) mass is 163 g/mol. The number of halogens is 1. The smallest absolute Gasteiger partial charge is 0.417 e. The summed E-state index contributed by atoms with van der Waals surface area (Å²) in [6.45, 7) is 1.38. The van der Waals surface area contributed by atoms with E-state index in [1.54, 1.807) is 0 Å². The van der Waals surface area contributed by atoms with Crippen molar-refractivity contribution in [3.8, 4) is 0 Å². The highest BCUT2D eigenvalue weighted by molar-refractivity contribution is 9.09. The van der Waals surface area contributed by atoms with Crippen LogP contribution in [0.2, 0.25) is 0 Å². The Hall–Kier alpha value is -0.0500. The summed E-state index contributed by atoms with van der Waals surface area (Å²) in [4.78, 5) is 9.83. The summed E-state index contributed by atoms with van der Waals surface area (Å²) in [5.41, 5.74) is 0. The Labute approximate surface area is 50.0 Å². The van der Waals surface area contributed by atoms with Crippen molar-refractivity contribution in [2.45, 2.75) is 17.4 Å². The van der Waals surface area contributed by atoms with E-state index < -0.39 is 0 Å². The Morgan fingerprint density at radius 1 is 1.86 bits per heavy atom. The summed E-state index contributed by atoms with van der Waals surface area (Å²) in [6, 6.07) is 0. The topological polar surface area (TPSA) is 26.3 Å². The van der Waals surface area contributed by atoms with Gasteiger partial charge in [-0.1, -0.05) is 15.9 Å². The van der Waals surface area contributed by atoms with Crippen LogP contribution in [-0.2, 0) is 9.53 Å². The Kier molecular flexibility index (Phi) is 1.32. The number of ether oxygens (including phenoxy) is 1. The summed E-state index contributed by atoms with van der Waals surface area (Å²) >= 11 is 3.25. The average molecular weight is 164 g/mol. The van der Waals surface area contributed by atoms with E-state index in [9.17, 15) is 4.79 Å². The van der Waals surface area contributed by atoms with Crippen molar-refractivity contribution in [1.82, 2.24) is 0 Å². The van der Waals surface area contributed by atoms with Gasteiger partial charge in [0.1, 0.15) is 6.10 Å². The molecule has 0 saturated heterocycles. The molecule has 0 aromatic heterocycles. The third-order valence-electron chi connectivity index (χ3n) is 0.857. The van der Waals surface area contributed by atoms with E-state index in [-0.39, 0.29) is 6.10 Å². The Morgan fingerprint density at radius 2 is 2.43 bits per heavy atom. The molecule has 7 heavy (non-hydrogen) atoms. The third kappa shape index (κ3) is 1.16. The molecule has 0 aromatic carbocycles. The van der Waals surface area contributed by atoms with E-state index in [1.165, 1.54) is 6.47 Å². The van der Waals surface area contributed by atoms with Crippen molar-refractivity contribution in [2.24, 2.45) is 0 Å². The molecule has 1 aliphatic rings. The van der Waals surface area contributed by atoms with Crippen LogP contribution in [0.4, 0.5) is 0 Å². The number of alkyl halides is 1. The molecule has 2 unspecified atom stereocenters. The van der Waals surface area contributed by atoms with Crippen LogP contribution in [0.15, 0.2) is 0 Å². The van der Waals surface area contributed by atoms with E-state index in [0.717, 1.165) is 6.42 Å². The fourth-order valence-corrected chi connectivity index (χ4v) is 0.803. The van der Waals surface area contributed by atoms with Crippen molar-refractivity contribution in [2.75, 3.05) is 0 Å². The molecule has 0 amide bonds. The zero-order valence-corrected chi connectivity index (χ0v) is 5.14. The minimum Gasteiger partial charge on any atom is -0.453 e. The van der Waals surface area contributed by atoms with Gasteiger partial charge in [0, 0.05) is 6.42 Å². The first-order valence-corrected chi connectivity index (χ1v) is 2.93. The van der Waals surface area contributed by atoms with Crippen LogP contribution in [-0.4, -0.2) is 17.4 Å². The van der Waals surface area contributed by atoms with Gasteiger partial charge in [0.15, 0.2) is 0 Å². The van der Waals surface area contributed by atoms with Gasteiger partial charge in [-0.2, -0.15) is 0 Å². The summed E-state index contributed by atoms with van der Waals surface area (Å²) in [7, 11) is 0. The molecule has 0 N–H and O–H groups in total. The number of hydrogen-bond donors (Lipinski definition) is 0. The van der Waals surface area contributed by atoms with Crippen molar-refractivity contribution in [3.05, 3.63) is 0 Å². The number of hydrogen-bond acceptors (Lipinski definition) is 2. The maximum absolute atomic E-state index is 9.43. The van der Waals surface area contributed by atoms with Crippen molar-refractivity contribution in [1.29, 1.82) is 0 Å². The highest BCUT2D eigenvalue weighted by Crippen LogP contribution is 2.32. The van der Waals surface area contributed by atoms with Crippen LogP contribution in [0.1, 0.15) is 6.42 Å². The first-order chi connectivity index (χ1) is 3.34. The second kappa shape index (κ2) is 1.82. The standard InChI is InChI=1S/C4H4BrO2/c5-3-1-4(3)7-2-6/h3-4H,1H2. The second-order valence-corrected chi connectivity index (χ2v) is 2.67. The molecule has 0 aromatic rings. The molecule has 1 aliphatic carbocycles. The van der Waals surface area contributed by atoms with Gasteiger partial charge >= 0.3 is 6.47 Å². The molecule has 0 aliphatic heterocycles. The van der Waals surface area contributed by atoms with Gasteiger partial charge in [-0.3, -0.25) is 0 Å². The van der Waals surface area contributed by atoms with Crippen LogP contribution in [0.25, 0.3) is 0 Å². The van der Waals surface area contributed by atoms with Gasteiger partial charge < -0.3 is 4.74 Å². The normalized spacial score (nSPS) is 37.3. The van der Waals surface area contributed by atoms with E-state index in [0.29, 0.717) is 4.83 Å². The Balaban J connectivity index is 2.08. The second-order valence-electron chi connectivity index (χ2n) is 1.49. The third-order valence-corrected chi connectivity index (χ3v) is 1.82. The van der Waals surface area contributed by atoms with Gasteiger partial charge in [0.25, 0.3) is 0 Å². The predicted molar refractivity (Wildman–Crippen MR) is 27.9 cm³/mol. The Bertz CT molecular complexity index is 83.8. The molecule has 1 radical (unpaired) electrons. The van der Waals surface area contributed by atoms with Gasteiger partial charge in [-0.25, -0.2) is 4.79 Å². The maximum Gasteiger partial charge on any atom is 0.417 e. The number of carbonyl (C=O) groups excluding carboxylic acids is 1. The lowest BCUT2D eigenvalue weighted by Gasteiger charge is -1.84. The molecule has 0 heterocycles. The first-order valence-electron chi connectivity index (χ1n) is 2.01. The molecular formula is C4H4BrO2. The van der Waals surface area contributed by atoms with E-state index in [2.05, 4.69) is 20.7 Å². The fraction of sp³-hybridized carbons (Fsp3) is 0.750. The van der Waals surface area contributed by atoms with Gasteiger partial charge in [-0.15, -0.1) is 0 Å². The lowest BCUT2D eigenvalue weighted by molar-refractivity contribution is 0.266. The lowest BCUT2D eigenvalue weighted by Crippen LogP contribution is -1.91. The van der Waals surface area contributed by atoms with Gasteiger partial charge in [0.05, 0.1) is 4.83 Å². The van der Waals surface area contributed by atoms with Crippen LogP contribution in [0.5, 0.6) is 0 Å². The van der Waals surface area contributed by atoms with Crippen molar-refractivity contribution < 1.29 is 9.53 Å². The van der Waals surface area contributed by atoms with E-state index in [1.807, 2.05) is 0 Å². The molecule has 1 fully saturated rings. The van der Waals surface area contributed by atoms with E-state index in [4.69, 9.17) is 0 Å². The molecule has 1 saturated carbocycles. The summed E-state index contributed by atoms with van der Waals surface area (Å²) in [5.74, 6) is 0. The molecule has 2 atom stereocenters. The van der Waals surface area contributed by atoms with Gasteiger partial charge in [-0.05, 0) is 0 Å². The van der Waals surface area contributed by atoms with Crippen molar-refractivity contribution in [3.63, 3.8) is 0 Å². The minimum absolute atomic E-state index is 0.109. The average Bonchev–Trinajstić information content (AvgIpc) is 2.22. The highest BCUT2D eigenvalue weighted by Gasteiger charge is 2.36. The van der Waals surface area contributed by atoms with Gasteiger partial charge in [0.2, 0.25) is 0 Å². The molecule has 0 bridgehead atoms. The highest BCUT2D eigenvalue weighted by atomic mass is 79.9. The molecule has 39 valence electrons.